The van der Waals surface area contributed by atoms with Crippen LogP contribution in [0.2, 0.25) is 0 Å². The number of carbonyl (C=O) groups is 2. The Balaban J connectivity index is 1.36. The number of carbonyl (C=O) groups excluding carboxylic acids is 2. The number of nitrogens with zero attached hydrogens (tertiary/aromatic N) is 2. The quantitative estimate of drug-likeness (QED) is 0.260. The topological polar surface area (TPSA) is 111 Å². The second-order valence-corrected chi connectivity index (χ2v) is 9.49. The van der Waals surface area contributed by atoms with Crippen LogP contribution in [0.1, 0.15) is 45.8 Å². The van der Waals surface area contributed by atoms with Crippen molar-refractivity contribution < 1.29 is 27.2 Å². The molecule has 4 rings (SSSR count). The molecule has 3 heterocycles. The van der Waals surface area contributed by atoms with Crippen molar-refractivity contribution in [3.8, 4) is 11.5 Å². The first-order chi connectivity index (χ1) is 15.7. The number of fused-ring (bicyclic) bond motifs is 1. The Kier molecular flexibility index (Phi) is 6.75. The van der Waals surface area contributed by atoms with Crippen LogP contribution in [0.25, 0.3) is 11.5 Å². The lowest BCUT2D eigenvalue weighted by molar-refractivity contribution is -0.141. The highest BCUT2D eigenvalue weighted by atomic mass is 32.2. The van der Waals surface area contributed by atoms with Crippen LogP contribution < -0.4 is 11.1 Å². The molecule has 12 heteroatoms. The third-order valence-electron chi connectivity index (χ3n) is 4.97. The van der Waals surface area contributed by atoms with Gasteiger partial charge in [-0.05, 0) is 49.4 Å². The van der Waals surface area contributed by atoms with Crippen molar-refractivity contribution in [3.05, 3.63) is 46.2 Å². The molecule has 33 heavy (non-hydrogen) atoms. The van der Waals surface area contributed by atoms with Crippen molar-refractivity contribution in [3.63, 3.8) is 0 Å². The number of aromatic nitrogens is 2. The summed E-state index contributed by atoms with van der Waals surface area (Å²) in [6.45, 7) is 0. The number of primary amides is 1. The van der Waals surface area contributed by atoms with Crippen LogP contribution in [0.4, 0.5) is 18.2 Å². The van der Waals surface area contributed by atoms with E-state index in [0.717, 1.165) is 47.5 Å². The molecule has 7 nitrogen and oxygen atoms in total. The summed E-state index contributed by atoms with van der Waals surface area (Å²) in [5, 5.41) is 3.17. The number of thioether (sulfide) groups is 1. The summed E-state index contributed by atoms with van der Waals surface area (Å²) in [6, 6.07) is 3.91. The predicted molar refractivity (Wildman–Crippen MR) is 118 cm³/mol. The average Bonchev–Trinajstić information content (AvgIpc) is 3.47. The highest BCUT2D eigenvalue weighted by molar-refractivity contribution is 7.99. The molecule has 1 aliphatic carbocycles. The lowest BCUT2D eigenvalue weighted by Gasteiger charge is -2.09. The molecule has 174 valence electrons. The van der Waals surface area contributed by atoms with Gasteiger partial charge in [-0.25, -0.2) is 9.97 Å². The van der Waals surface area contributed by atoms with E-state index in [9.17, 15) is 22.8 Å². The number of nitrogens with one attached hydrogen (secondary N) is 1. The van der Waals surface area contributed by atoms with E-state index in [2.05, 4.69) is 15.3 Å². The molecular formula is C21H19F3N4O3S2. The summed E-state index contributed by atoms with van der Waals surface area (Å²) in [6.07, 6.45) is -0.175. The summed E-state index contributed by atoms with van der Waals surface area (Å²) in [5.74, 6) is -0.318. The highest BCUT2D eigenvalue weighted by Gasteiger charge is 2.34. The zero-order valence-electron chi connectivity index (χ0n) is 17.2. The minimum Gasteiger partial charge on any atom is -0.463 e. The number of amides is 2. The number of hydrogen-bond donors (Lipinski definition) is 2. The third kappa shape index (κ3) is 5.38. The van der Waals surface area contributed by atoms with Crippen LogP contribution in [0.5, 0.6) is 0 Å². The number of aryl methyl sites for hydroxylation is 1. The fraction of sp³-hybridized carbons (Fsp3) is 0.333. The van der Waals surface area contributed by atoms with Gasteiger partial charge in [-0.3, -0.25) is 9.59 Å². The number of nitrogens with two attached hydrogens (primary N) is 1. The minimum atomic E-state index is -4.63. The average molecular weight is 497 g/mol. The van der Waals surface area contributed by atoms with E-state index < -0.39 is 17.8 Å². The molecule has 0 bridgehead atoms. The Morgan fingerprint density at radius 2 is 2.09 bits per heavy atom. The molecule has 0 unspecified atom stereocenters. The zero-order valence-corrected chi connectivity index (χ0v) is 18.8. The van der Waals surface area contributed by atoms with Gasteiger partial charge >= 0.3 is 6.18 Å². The van der Waals surface area contributed by atoms with Crippen molar-refractivity contribution in [1.82, 2.24) is 9.97 Å². The smallest absolute Gasteiger partial charge is 0.433 e. The molecule has 0 aliphatic heterocycles. The lowest BCUT2D eigenvalue weighted by atomic mass is 10.1. The van der Waals surface area contributed by atoms with E-state index >= 15 is 0 Å². The molecule has 2 amide bonds. The van der Waals surface area contributed by atoms with Crippen LogP contribution in [0.3, 0.4) is 0 Å². The summed E-state index contributed by atoms with van der Waals surface area (Å²) < 4.78 is 44.8. The SMILES string of the molecule is NC(=O)c1c(NC(=O)CCCSc2nc(-c3ccco3)cc(C(F)(F)F)n2)sc2c1CCC2. The molecule has 0 saturated carbocycles. The second kappa shape index (κ2) is 9.56. The van der Waals surface area contributed by atoms with Gasteiger partial charge in [0.25, 0.3) is 5.91 Å². The molecule has 3 aromatic rings. The van der Waals surface area contributed by atoms with E-state index in [4.69, 9.17) is 10.2 Å². The highest BCUT2D eigenvalue weighted by Crippen LogP contribution is 2.39. The fourth-order valence-electron chi connectivity index (χ4n) is 3.52. The van der Waals surface area contributed by atoms with Gasteiger partial charge in [0.15, 0.2) is 10.9 Å². The monoisotopic (exact) mass is 496 g/mol. The van der Waals surface area contributed by atoms with Crippen molar-refractivity contribution in [2.75, 3.05) is 11.1 Å². The summed E-state index contributed by atoms with van der Waals surface area (Å²) in [4.78, 5) is 33.0. The maximum absolute atomic E-state index is 13.2. The van der Waals surface area contributed by atoms with Crippen LogP contribution in [0, 0.1) is 0 Å². The van der Waals surface area contributed by atoms with Gasteiger partial charge in [0.2, 0.25) is 5.91 Å². The first-order valence-electron chi connectivity index (χ1n) is 10.1. The summed E-state index contributed by atoms with van der Waals surface area (Å²) >= 11 is 2.39. The number of hydrogen-bond acceptors (Lipinski definition) is 7. The Bertz CT molecular complexity index is 1180. The Morgan fingerprint density at radius 1 is 1.27 bits per heavy atom. The maximum Gasteiger partial charge on any atom is 0.433 e. The van der Waals surface area contributed by atoms with Gasteiger partial charge in [0, 0.05) is 17.1 Å². The molecule has 0 saturated heterocycles. The van der Waals surface area contributed by atoms with Crippen molar-refractivity contribution >= 4 is 39.9 Å². The first-order valence-corrected chi connectivity index (χ1v) is 11.9. The van der Waals surface area contributed by atoms with Crippen LogP contribution in [-0.4, -0.2) is 27.5 Å². The lowest BCUT2D eigenvalue weighted by Crippen LogP contribution is -2.17. The predicted octanol–water partition coefficient (Wildman–Crippen LogP) is 4.92. The molecule has 0 aromatic carbocycles. The molecule has 0 atom stereocenters. The van der Waals surface area contributed by atoms with Crippen LogP contribution in [-0.2, 0) is 23.8 Å². The molecule has 3 N–H and O–H groups in total. The minimum absolute atomic E-state index is 0.0345. The van der Waals surface area contributed by atoms with Gasteiger partial charge in [0.05, 0.1) is 11.8 Å². The summed E-state index contributed by atoms with van der Waals surface area (Å²) in [7, 11) is 0. The van der Waals surface area contributed by atoms with Crippen molar-refractivity contribution in [1.29, 1.82) is 0 Å². The van der Waals surface area contributed by atoms with Crippen LogP contribution >= 0.6 is 23.1 Å². The van der Waals surface area contributed by atoms with Gasteiger partial charge in [-0.1, -0.05) is 11.8 Å². The van der Waals surface area contributed by atoms with Gasteiger partial charge < -0.3 is 15.5 Å². The number of anilines is 1. The van der Waals surface area contributed by atoms with Gasteiger partial charge in [0.1, 0.15) is 16.4 Å². The Labute approximate surface area is 195 Å². The van der Waals surface area contributed by atoms with Gasteiger partial charge in [-0.2, -0.15) is 13.2 Å². The molecule has 1 aliphatic rings. The molecule has 0 spiro atoms. The van der Waals surface area contributed by atoms with E-state index in [1.807, 2.05) is 0 Å². The molecule has 3 aromatic heterocycles. The van der Waals surface area contributed by atoms with E-state index in [-0.39, 0.29) is 28.9 Å². The van der Waals surface area contributed by atoms with E-state index in [1.165, 1.54) is 23.7 Å². The first kappa shape index (κ1) is 23.3. The number of thiophene rings is 1. The molecule has 0 fully saturated rings. The van der Waals surface area contributed by atoms with Gasteiger partial charge in [-0.15, -0.1) is 11.3 Å². The Hall–Kier alpha value is -2.86. The van der Waals surface area contributed by atoms with Crippen LogP contribution in [0.15, 0.2) is 34.0 Å². The largest absolute Gasteiger partial charge is 0.463 e. The van der Waals surface area contributed by atoms with E-state index in [0.29, 0.717) is 22.7 Å². The number of furan rings is 1. The van der Waals surface area contributed by atoms with E-state index in [1.54, 1.807) is 6.07 Å². The second-order valence-electron chi connectivity index (χ2n) is 7.32. The number of halogens is 3. The van der Waals surface area contributed by atoms with Crippen molar-refractivity contribution in [2.24, 2.45) is 5.73 Å². The normalized spacial score (nSPS) is 13.2. The molecular weight excluding hydrogens is 477 g/mol. The zero-order chi connectivity index (χ0) is 23.6. The number of alkyl halides is 3. The Morgan fingerprint density at radius 3 is 2.79 bits per heavy atom. The number of rotatable bonds is 8. The van der Waals surface area contributed by atoms with Crippen molar-refractivity contribution in [2.45, 2.75) is 43.4 Å². The maximum atomic E-state index is 13.2. The summed E-state index contributed by atoms with van der Waals surface area (Å²) in [5.41, 5.74) is 5.78. The third-order valence-corrected chi connectivity index (χ3v) is 7.11. The molecule has 0 radical (unpaired) electrons. The fourth-order valence-corrected chi connectivity index (χ4v) is 5.63. The standard InChI is InChI=1S/C21H19F3N4O3S2/c22-21(23,24)15-10-12(13-5-2-8-31-13)26-20(27-15)32-9-3-7-16(29)28-19-17(18(25)30)11-4-1-6-14(11)33-19/h2,5,8,10H,1,3-4,6-7,9H2,(H2,25,30)(H,28,29).